The molecule has 20 heavy (non-hydrogen) atoms. The Morgan fingerprint density at radius 1 is 1.50 bits per heavy atom. The number of carbonyl (C=O) groups excluding carboxylic acids is 1. The van der Waals surface area contributed by atoms with Crippen molar-refractivity contribution in [3.05, 3.63) is 29.3 Å². The highest BCUT2D eigenvalue weighted by atomic mass is 16.5. The van der Waals surface area contributed by atoms with Crippen molar-refractivity contribution in [1.82, 2.24) is 4.90 Å². The Kier molecular flexibility index (Phi) is 4.75. The first-order chi connectivity index (χ1) is 9.67. The average molecular weight is 272 g/mol. The molecule has 0 aliphatic carbocycles. The predicted octanol–water partition coefficient (Wildman–Crippen LogP) is 2.37. The minimum Gasteiger partial charge on any atom is -0.496 e. The molecule has 1 atom stereocenters. The molecule has 4 nitrogen and oxygen atoms in total. The molecule has 1 saturated heterocycles. The summed E-state index contributed by atoms with van der Waals surface area (Å²) < 4.78 is 5.36. The number of benzene rings is 1. The third-order valence-corrected chi connectivity index (χ3v) is 3.90. The van der Waals surface area contributed by atoms with Crippen LogP contribution < -0.4 is 4.74 Å². The fourth-order valence-corrected chi connectivity index (χ4v) is 2.69. The lowest BCUT2D eigenvalue weighted by atomic mass is 9.93. The third kappa shape index (κ3) is 3.17. The molecule has 0 N–H and O–H groups in total. The largest absolute Gasteiger partial charge is 0.496 e. The van der Waals surface area contributed by atoms with Crippen LogP contribution in [0, 0.1) is 17.2 Å². The number of nitrogens with zero attached hydrogens (tertiary/aromatic N) is 2. The van der Waals surface area contributed by atoms with Gasteiger partial charge in [-0.25, -0.2) is 0 Å². The molecule has 0 saturated carbocycles. The van der Waals surface area contributed by atoms with E-state index in [0.717, 1.165) is 37.4 Å². The number of nitriles is 1. The van der Waals surface area contributed by atoms with E-state index in [0.29, 0.717) is 17.8 Å². The summed E-state index contributed by atoms with van der Waals surface area (Å²) in [5.41, 5.74) is 1.65. The normalized spacial score (nSPS) is 19.6. The monoisotopic (exact) mass is 272 g/mol. The van der Waals surface area contributed by atoms with Crippen molar-refractivity contribution in [3.8, 4) is 11.8 Å². The second kappa shape index (κ2) is 6.53. The van der Waals surface area contributed by atoms with E-state index in [-0.39, 0.29) is 5.92 Å². The van der Waals surface area contributed by atoms with Crippen LogP contribution in [0.3, 0.4) is 0 Å². The number of ether oxygens (including phenoxy) is 1. The van der Waals surface area contributed by atoms with Crippen LogP contribution in [0.1, 0.15) is 30.9 Å². The Morgan fingerprint density at radius 2 is 2.30 bits per heavy atom. The van der Waals surface area contributed by atoms with Crippen molar-refractivity contribution in [1.29, 1.82) is 5.26 Å². The number of hydrogen-bond acceptors (Lipinski definition) is 4. The number of methoxy groups -OCH3 is 1. The lowest BCUT2D eigenvalue weighted by Gasteiger charge is -2.31. The van der Waals surface area contributed by atoms with Crippen LogP contribution in [0.2, 0.25) is 0 Å². The fourth-order valence-electron chi connectivity index (χ4n) is 2.69. The second-order valence-corrected chi connectivity index (χ2v) is 5.20. The Labute approximate surface area is 120 Å². The Bertz CT molecular complexity index is 534. The van der Waals surface area contributed by atoms with E-state index in [2.05, 4.69) is 17.9 Å². The van der Waals surface area contributed by atoms with Gasteiger partial charge in [0.2, 0.25) is 0 Å². The van der Waals surface area contributed by atoms with Crippen molar-refractivity contribution in [3.63, 3.8) is 0 Å². The maximum Gasteiger partial charge on any atom is 0.138 e. The molecule has 0 aromatic heterocycles. The van der Waals surface area contributed by atoms with Gasteiger partial charge in [0.25, 0.3) is 0 Å². The number of ketones is 1. The topological polar surface area (TPSA) is 53.3 Å². The van der Waals surface area contributed by atoms with Crippen LogP contribution in [0.15, 0.2) is 18.2 Å². The molecule has 0 spiro atoms. The molecule has 1 aromatic rings. The number of Topliss-reactive ketones (excluding diaryl/α,β-unsaturated/α-hetero) is 1. The summed E-state index contributed by atoms with van der Waals surface area (Å²) >= 11 is 0. The molecule has 1 unspecified atom stereocenters. The molecule has 106 valence electrons. The SMILES string of the molecule is CCC1CN(Cc2cc(C#N)ccc2OC)CCC1=O. The summed E-state index contributed by atoms with van der Waals surface area (Å²) in [5, 5.41) is 9.00. The van der Waals surface area contributed by atoms with Gasteiger partial charge in [0, 0.05) is 37.5 Å². The summed E-state index contributed by atoms with van der Waals surface area (Å²) in [6.45, 7) is 4.37. The van der Waals surface area contributed by atoms with Crippen LogP contribution >= 0.6 is 0 Å². The molecule has 0 radical (unpaired) electrons. The van der Waals surface area contributed by atoms with Gasteiger partial charge in [-0.05, 0) is 24.6 Å². The fraction of sp³-hybridized carbons (Fsp3) is 0.500. The number of hydrogen-bond donors (Lipinski definition) is 0. The van der Waals surface area contributed by atoms with E-state index in [1.54, 1.807) is 13.2 Å². The lowest BCUT2D eigenvalue weighted by molar-refractivity contribution is -0.126. The first kappa shape index (κ1) is 14.5. The molecule has 0 bridgehead atoms. The van der Waals surface area contributed by atoms with Gasteiger partial charge in [0.1, 0.15) is 11.5 Å². The third-order valence-electron chi connectivity index (χ3n) is 3.90. The van der Waals surface area contributed by atoms with Gasteiger partial charge < -0.3 is 4.74 Å². The van der Waals surface area contributed by atoms with Crippen LogP contribution in [-0.2, 0) is 11.3 Å². The summed E-state index contributed by atoms with van der Waals surface area (Å²) in [6, 6.07) is 7.62. The van der Waals surface area contributed by atoms with E-state index in [1.807, 2.05) is 12.1 Å². The lowest BCUT2D eigenvalue weighted by Crippen LogP contribution is -2.40. The van der Waals surface area contributed by atoms with Crippen molar-refractivity contribution in [2.75, 3.05) is 20.2 Å². The Hall–Kier alpha value is -1.86. The number of piperidine rings is 1. The van der Waals surface area contributed by atoms with Crippen LogP contribution in [0.5, 0.6) is 5.75 Å². The van der Waals surface area contributed by atoms with Gasteiger partial charge in [0.15, 0.2) is 0 Å². The molecule has 1 aliphatic heterocycles. The van der Waals surface area contributed by atoms with Gasteiger partial charge in [-0.2, -0.15) is 5.26 Å². The van der Waals surface area contributed by atoms with Gasteiger partial charge >= 0.3 is 0 Å². The zero-order valence-electron chi connectivity index (χ0n) is 12.1. The van der Waals surface area contributed by atoms with E-state index >= 15 is 0 Å². The number of likely N-dealkylation sites (tertiary alicyclic amines) is 1. The highest BCUT2D eigenvalue weighted by Gasteiger charge is 2.26. The highest BCUT2D eigenvalue weighted by molar-refractivity contribution is 5.82. The van der Waals surface area contributed by atoms with Gasteiger partial charge in [-0.3, -0.25) is 9.69 Å². The van der Waals surface area contributed by atoms with E-state index < -0.39 is 0 Å². The van der Waals surface area contributed by atoms with Crippen LogP contribution in [0.25, 0.3) is 0 Å². The van der Waals surface area contributed by atoms with Crippen molar-refractivity contribution < 1.29 is 9.53 Å². The van der Waals surface area contributed by atoms with Crippen LogP contribution in [-0.4, -0.2) is 30.9 Å². The molecule has 1 fully saturated rings. The Balaban J connectivity index is 2.13. The van der Waals surface area contributed by atoms with Crippen LogP contribution in [0.4, 0.5) is 0 Å². The summed E-state index contributed by atoms with van der Waals surface area (Å²) in [7, 11) is 1.64. The number of carbonyl (C=O) groups is 1. The maximum atomic E-state index is 11.8. The standard InChI is InChI=1S/C16H20N2O2/c1-3-13-10-18(7-6-15(13)19)11-14-8-12(9-17)4-5-16(14)20-2/h4-5,8,13H,3,6-7,10-11H2,1-2H3. The van der Waals surface area contributed by atoms with E-state index in [9.17, 15) is 4.79 Å². The molecule has 1 aliphatic rings. The van der Waals surface area contributed by atoms with Gasteiger partial charge in [0.05, 0.1) is 18.7 Å². The van der Waals surface area contributed by atoms with Crippen molar-refractivity contribution in [2.45, 2.75) is 26.3 Å². The average Bonchev–Trinajstić information content (AvgIpc) is 2.49. The first-order valence-electron chi connectivity index (χ1n) is 7.00. The van der Waals surface area contributed by atoms with E-state index in [1.165, 1.54) is 0 Å². The Morgan fingerprint density at radius 3 is 2.95 bits per heavy atom. The van der Waals surface area contributed by atoms with Crippen molar-refractivity contribution >= 4 is 5.78 Å². The molecule has 1 heterocycles. The maximum absolute atomic E-state index is 11.8. The molecular weight excluding hydrogens is 252 g/mol. The number of rotatable bonds is 4. The zero-order valence-corrected chi connectivity index (χ0v) is 12.1. The van der Waals surface area contributed by atoms with Crippen molar-refractivity contribution in [2.24, 2.45) is 5.92 Å². The minimum atomic E-state index is 0.147. The summed E-state index contributed by atoms with van der Waals surface area (Å²) in [6.07, 6.45) is 1.52. The predicted molar refractivity (Wildman–Crippen MR) is 76.4 cm³/mol. The quantitative estimate of drug-likeness (QED) is 0.844. The molecular formula is C16H20N2O2. The zero-order chi connectivity index (χ0) is 14.5. The van der Waals surface area contributed by atoms with E-state index in [4.69, 9.17) is 10.00 Å². The molecule has 0 amide bonds. The highest BCUT2D eigenvalue weighted by Crippen LogP contribution is 2.24. The molecule has 1 aromatic carbocycles. The van der Waals surface area contributed by atoms with Gasteiger partial charge in [-0.1, -0.05) is 6.92 Å². The van der Waals surface area contributed by atoms with Gasteiger partial charge in [-0.15, -0.1) is 0 Å². The second-order valence-electron chi connectivity index (χ2n) is 5.20. The molecule has 4 heteroatoms. The first-order valence-corrected chi connectivity index (χ1v) is 7.00. The minimum absolute atomic E-state index is 0.147. The summed E-state index contributed by atoms with van der Waals surface area (Å²) in [4.78, 5) is 14.0. The summed E-state index contributed by atoms with van der Waals surface area (Å²) in [5.74, 6) is 1.32. The molecule has 2 rings (SSSR count). The smallest absolute Gasteiger partial charge is 0.138 e.